The summed E-state index contributed by atoms with van der Waals surface area (Å²) in [5.74, 6) is -0.00968. The van der Waals surface area contributed by atoms with Crippen LogP contribution < -0.4 is 0 Å². The van der Waals surface area contributed by atoms with E-state index in [2.05, 4.69) is 4.98 Å². The van der Waals surface area contributed by atoms with Crippen molar-refractivity contribution in [3.8, 4) is 0 Å². The van der Waals surface area contributed by atoms with Gasteiger partial charge in [-0.25, -0.2) is 0 Å². The Bertz CT molecular complexity index is 795. The number of fused-ring (bicyclic) bond motifs is 4. The number of hydrogen-bond donors (Lipinski definition) is 0. The van der Waals surface area contributed by atoms with E-state index in [4.69, 9.17) is 11.6 Å². The standard InChI is InChI=1S/C18H18ClN3O2S/c19-16-7-6-15(25-16)18(24)21-9-12-4-5-14(11-21)22(17(12)23)10-13-3-1-2-8-20-13/h1-3,6-8,12,14H,4-5,9-11H2/t12-,14+/m1/s1. The summed E-state index contributed by atoms with van der Waals surface area (Å²) in [7, 11) is 0. The van der Waals surface area contributed by atoms with Crippen LogP contribution in [0, 0.1) is 5.92 Å². The second kappa shape index (κ2) is 6.77. The maximum absolute atomic E-state index is 12.9. The fourth-order valence-corrected chi connectivity index (χ4v) is 4.68. The molecule has 2 aromatic rings. The summed E-state index contributed by atoms with van der Waals surface area (Å²) < 4.78 is 0.606. The van der Waals surface area contributed by atoms with Gasteiger partial charge in [0.25, 0.3) is 5.91 Å². The van der Waals surface area contributed by atoms with E-state index in [1.165, 1.54) is 11.3 Å². The van der Waals surface area contributed by atoms with Crippen LogP contribution >= 0.6 is 22.9 Å². The lowest BCUT2D eigenvalue weighted by Crippen LogP contribution is -2.47. The molecular weight excluding hydrogens is 358 g/mol. The lowest BCUT2D eigenvalue weighted by Gasteiger charge is -2.35. The van der Waals surface area contributed by atoms with Gasteiger partial charge < -0.3 is 9.80 Å². The first-order valence-corrected chi connectivity index (χ1v) is 9.56. The molecule has 7 heteroatoms. The molecule has 2 amide bonds. The van der Waals surface area contributed by atoms with E-state index in [1.807, 2.05) is 28.0 Å². The van der Waals surface area contributed by atoms with E-state index in [0.29, 0.717) is 28.8 Å². The molecule has 5 heterocycles. The number of amides is 2. The monoisotopic (exact) mass is 375 g/mol. The molecule has 5 rings (SSSR count). The SMILES string of the molecule is O=C(c1ccc(Cl)s1)N1C[C@H]2CC[C@@H](C1)N(Cc1ccccn1)C2=O. The average molecular weight is 376 g/mol. The highest BCUT2D eigenvalue weighted by molar-refractivity contribution is 7.17. The number of nitrogens with zero attached hydrogens (tertiary/aromatic N) is 3. The smallest absolute Gasteiger partial charge is 0.264 e. The molecule has 2 atom stereocenters. The third-order valence-corrected chi connectivity index (χ3v) is 6.14. The van der Waals surface area contributed by atoms with Crippen molar-refractivity contribution in [1.29, 1.82) is 0 Å². The minimum Gasteiger partial charge on any atom is -0.335 e. The van der Waals surface area contributed by atoms with Crippen LogP contribution in [-0.4, -0.2) is 45.7 Å². The zero-order valence-electron chi connectivity index (χ0n) is 13.6. The molecule has 0 spiro atoms. The second-order valence-corrected chi connectivity index (χ2v) is 8.24. The van der Waals surface area contributed by atoms with Gasteiger partial charge in [-0.05, 0) is 37.1 Å². The molecule has 5 nitrogen and oxygen atoms in total. The molecule has 0 aromatic carbocycles. The lowest BCUT2D eigenvalue weighted by atomic mass is 9.94. The Morgan fingerprint density at radius 3 is 2.84 bits per heavy atom. The van der Waals surface area contributed by atoms with Crippen molar-refractivity contribution in [2.75, 3.05) is 13.1 Å². The van der Waals surface area contributed by atoms with Gasteiger partial charge in [0.15, 0.2) is 0 Å². The fraction of sp³-hybridized carbons (Fsp3) is 0.389. The van der Waals surface area contributed by atoms with E-state index in [9.17, 15) is 9.59 Å². The molecule has 130 valence electrons. The minimum absolute atomic E-state index is 0.0266. The number of halogens is 1. The predicted molar refractivity (Wildman–Crippen MR) is 96.5 cm³/mol. The van der Waals surface area contributed by atoms with Gasteiger partial charge in [-0.15, -0.1) is 11.3 Å². The number of carbonyl (C=O) groups excluding carboxylic acids is 2. The number of carbonyl (C=O) groups is 2. The van der Waals surface area contributed by atoms with Gasteiger partial charge in [0.1, 0.15) is 0 Å². The van der Waals surface area contributed by atoms with E-state index in [0.717, 1.165) is 18.5 Å². The number of aromatic nitrogens is 1. The molecule has 3 saturated heterocycles. The first kappa shape index (κ1) is 16.5. The fourth-order valence-electron chi connectivity index (χ4n) is 3.67. The summed E-state index contributed by atoms with van der Waals surface area (Å²) in [4.78, 5) is 34.4. The molecule has 25 heavy (non-hydrogen) atoms. The predicted octanol–water partition coefficient (Wildman–Crippen LogP) is 3.06. The maximum atomic E-state index is 12.9. The Kier molecular flexibility index (Phi) is 4.48. The highest BCUT2D eigenvalue weighted by Crippen LogP contribution is 2.32. The number of hydrogen-bond acceptors (Lipinski definition) is 4. The largest absolute Gasteiger partial charge is 0.335 e. The number of rotatable bonds is 3. The molecule has 3 fully saturated rings. The number of pyridine rings is 1. The van der Waals surface area contributed by atoms with E-state index >= 15 is 0 Å². The zero-order valence-corrected chi connectivity index (χ0v) is 15.2. The normalized spacial score (nSPS) is 23.0. The van der Waals surface area contributed by atoms with Crippen molar-refractivity contribution >= 4 is 34.8 Å². The van der Waals surface area contributed by atoms with Crippen molar-refractivity contribution in [1.82, 2.24) is 14.8 Å². The number of thiophene rings is 1. The van der Waals surface area contributed by atoms with E-state index in [1.54, 1.807) is 18.3 Å². The summed E-state index contributed by atoms with van der Waals surface area (Å²) in [5.41, 5.74) is 0.881. The van der Waals surface area contributed by atoms with Crippen LogP contribution in [0.2, 0.25) is 4.34 Å². The van der Waals surface area contributed by atoms with Gasteiger partial charge >= 0.3 is 0 Å². The van der Waals surface area contributed by atoms with Crippen molar-refractivity contribution in [3.63, 3.8) is 0 Å². The lowest BCUT2D eigenvalue weighted by molar-refractivity contribution is -0.140. The van der Waals surface area contributed by atoms with Crippen molar-refractivity contribution in [2.24, 2.45) is 5.92 Å². The Morgan fingerprint density at radius 2 is 2.12 bits per heavy atom. The van der Waals surface area contributed by atoms with E-state index in [-0.39, 0.29) is 23.8 Å². The number of piperidine rings is 1. The highest BCUT2D eigenvalue weighted by Gasteiger charge is 2.42. The summed E-state index contributed by atoms with van der Waals surface area (Å²) in [5, 5.41) is 0. The van der Waals surface area contributed by atoms with Crippen molar-refractivity contribution in [3.05, 3.63) is 51.4 Å². The van der Waals surface area contributed by atoms with Gasteiger partial charge in [0.2, 0.25) is 5.91 Å². The Balaban J connectivity index is 1.55. The van der Waals surface area contributed by atoms with Crippen molar-refractivity contribution < 1.29 is 9.59 Å². The van der Waals surface area contributed by atoms with Crippen LogP contribution in [0.1, 0.15) is 28.2 Å². The molecule has 3 aliphatic rings. The van der Waals surface area contributed by atoms with E-state index < -0.39 is 0 Å². The molecule has 0 N–H and O–H groups in total. The first-order chi connectivity index (χ1) is 12.1. The van der Waals surface area contributed by atoms with Crippen LogP contribution in [-0.2, 0) is 11.3 Å². The molecule has 0 unspecified atom stereocenters. The zero-order chi connectivity index (χ0) is 17.4. The first-order valence-electron chi connectivity index (χ1n) is 8.37. The van der Waals surface area contributed by atoms with Gasteiger partial charge in [-0.2, -0.15) is 0 Å². The second-order valence-electron chi connectivity index (χ2n) is 6.53. The average Bonchev–Trinajstić information content (AvgIpc) is 2.88. The third kappa shape index (κ3) is 3.28. The molecule has 2 bridgehead atoms. The molecule has 3 aliphatic heterocycles. The molecular formula is C18H18ClN3O2S. The summed E-state index contributed by atoms with van der Waals surface area (Å²) in [6.45, 7) is 1.57. The Hall–Kier alpha value is -1.92. The van der Waals surface area contributed by atoms with Crippen LogP contribution in [0.4, 0.5) is 0 Å². The third-order valence-electron chi connectivity index (χ3n) is 4.92. The quantitative estimate of drug-likeness (QED) is 0.828. The maximum Gasteiger partial charge on any atom is 0.264 e. The van der Waals surface area contributed by atoms with Crippen molar-refractivity contribution in [2.45, 2.75) is 25.4 Å². The summed E-state index contributed by atoms with van der Waals surface area (Å²) >= 11 is 7.25. The van der Waals surface area contributed by atoms with Crippen LogP contribution in [0.25, 0.3) is 0 Å². The van der Waals surface area contributed by atoms with Gasteiger partial charge in [0, 0.05) is 25.3 Å². The van der Waals surface area contributed by atoms with Gasteiger partial charge in [-0.1, -0.05) is 17.7 Å². The van der Waals surface area contributed by atoms with Crippen LogP contribution in [0.5, 0.6) is 0 Å². The molecule has 2 aromatic heterocycles. The Morgan fingerprint density at radius 1 is 1.24 bits per heavy atom. The molecule has 0 aliphatic carbocycles. The summed E-state index contributed by atoms with van der Waals surface area (Å²) in [6.07, 6.45) is 3.52. The van der Waals surface area contributed by atoms with Gasteiger partial charge in [0.05, 0.1) is 27.4 Å². The minimum atomic E-state index is -0.123. The van der Waals surface area contributed by atoms with Gasteiger partial charge in [-0.3, -0.25) is 14.6 Å². The Labute approximate surface area is 155 Å². The van der Waals surface area contributed by atoms with Crippen LogP contribution in [0.3, 0.4) is 0 Å². The van der Waals surface area contributed by atoms with Crippen LogP contribution in [0.15, 0.2) is 36.5 Å². The highest BCUT2D eigenvalue weighted by atomic mass is 35.5. The topological polar surface area (TPSA) is 53.5 Å². The molecule has 0 saturated carbocycles. The summed E-state index contributed by atoms with van der Waals surface area (Å²) in [6, 6.07) is 9.28. The molecule has 0 radical (unpaired) electrons.